The van der Waals surface area contributed by atoms with Crippen LogP contribution in [-0.4, -0.2) is 15.2 Å². The van der Waals surface area contributed by atoms with Gasteiger partial charge in [-0.05, 0) is 64.4 Å². The first kappa shape index (κ1) is 21.5. The monoisotopic (exact) mass is 470 g/mol. The van der Waals surface area contributed by atoms with E-state index in [0.29, 0.717) is 12.1 Å². The molecule has 0 amide bonds. The number of nitro groups is 1. The van der Waals surface area contributed by atoms with E-state index in [-0.39, 0.29) is 11.2 Å². The highest BCUT2D eigenvalue weighted by Crippen LogP contribution is 2.36. The molecule has 5 rings (SSSR count). The van der Waals surface area contributed by atoms with Gasteiger partial charge in [-0.3, -0.25) is 10.1 Å². The fourth-order valence-corrected chi connectivity index (χ4v) is 4.36. The number of benzene rings is 4. The van der Waals surface area contributed by atoms with Crippen molar-refractivity contribution in [2.75, 3.05) is 5.32 Å². The van der Waals surface area contributed by atoms with Gasteiger partial charge in [0.15, 0.2) is 5.52 Å². The quantitative estimate of drug-likeness (QED) is 0.198. The molecule has 0 aliphatic rings. The first-order valence-corrected chi connectivity index (χ1v) is 11.2. The Kier molecular flexibility index (Phi) is 6.09. The number of fused-ring (bicyclic) bond motifs is 1. The van der Waals surface area contributed by atoms with Crippen molar-refractivity contribution in [3.63, 3.8) is 0 Å². The summed E-state index contributed by atoms with van der Waals surface area (Å²) in [5, 5.41) is 22.2. The molecule has 0 radical (unpaired) electrons. The summed E-state index contributed by atoms with van der Waals surface area (Å²) >= 11 is 1.44. The summed E-state index contributed by atoms with van der Waals surface area (Å²) in [6, 6.07) is 28.6. The minimum absolute atomic E-state index is 0.130. The average Bonchev–Trinajstić information content (AvgIpc) is 3.34. The van der Waals surface area contributed by atoms with E-state index in [1.807, 2.05) is 78.9 Å². The van der Waals surface area contributed by atoms with Crippen LogP contribution >= 0.6 is 11.8 Å². The van der Waals surface area contributed by atoms with Crippen molar-refractivity contribution in [3.05, 3.63) is 107 Å². The Morgan fingerprint density at radius 1 is 0.882 bits per heavy atom. The normalized spacial score (nSPS) is 10.8. The largest absolute Gasteiger partial charge is 0.457 e. The highest BCUT2D eigenvalue weighted by atomic mass is 32.2. The molecular formula is C25H18N4O4S. The lowest BCUT2D eigenvalue weighted by Crippen LogP contribution is -1.99. The zero-order valence-corrected chi connectivity index (χ0v) is 18.6. The van der Waals surface area contributed by atoms with Crippen molar-refractivity contribution in [1.82, 2.24) is 10.3 Å². The molecule has 1 aromatic heterocycles. The van der Waals surface area contributed by atoms with Gasteiger partial charge in [0.2, 0.25) is 5.52 Å². The van der Waals surface area contributed by atoms with E-state index >= 15 is 0 Å². The van der Waals surface area contributed by atoms with Crippen LogP contribution in [0.3, 0.4) is 0 Å². The fraction of sp³-hybridized carbons (Fsp3) is 0.0400. The molecule has 0 fully saturated rings. The van der Waals surface area contributed by atoms with Gasteiger partial charge in [-0.25, -0.2) is 4.63 Å². The molecule has 0 atom stereocenters. The molecule has 0 spiro atoms. The number of non-ortho nitro benzene ring substituents is 1. The lowest BCUT2D eigenvalue weighted by molar-refractivity contribution is -0.383. The third kappa shape index (κ3) is 4.84. The third-order valence-corrected chi connectivity index (χ3v) is 6.03. The van der Waals surface area contributed by atoms with Crippen LogP contribution in [0, 0.1) is 10.1 Å². The molecule has 0 aliphatic carbocycles. The number of nitrogens with one attached hydrogen (secondary N) is 1. The maximum atomic E-state index is 11.2. The molecule has 1 heterocycles. The van der Waals surface area contributed by atoms with Crippen molar-refractivity contribution in [2.45, 2.75) is 16.3 Å². The topological polar surface area (TPSA) is 103 Å². The van der Waals surface area contributed by atoms with E-state index in [2.05, 4.69) is 15.6 Å². The predicted molar refractivity (Wildman–Crippen MR) is 129 cm³/mol. The first-order valence-electron chi connectivity index (χ1n) is 10.4. The Morgan fingerprint density at radius 2 is 1.68 bits per heavy atom. The molecule has 5 aromatic rings. The van der Waals surface area contributed by atoms with Crippen LogP contribution in [0.5, 0.6) is 11.5 Å². The van der Waals surface area contributed by atoms with E-state index in [4.69, 9.17) is 9.37 Å². The van der Waals surface area contributed by atoms with Gasteiger partial charge < -0.3 is 10.1 Å². The van der Waals surface area contributed by atoms with Gasteiger partial charge >= 0.3 is 5.69 Å². The molecule has 9 heteroatoms. The van der Waals surface area contributed by atoms with Crippen molar-refractivity contribution < 1.29 is 14.3 Å². The summed E-state index contributed by atoms with van der Waals surface area (Å²) in [7, 11) is 0. The number of ether oxygens (including phenoxy) is 1. The maximum absolute atomic E-state index is 11.2. The number of anilines is 1. The van der Waals surface area contributed by atoms with Gasteiger partial charge in [-0.2, -0.15) is 0 Å². The van der Waals surface area contributed by atoms with Crippen LogP contribution in [0.25, 0.3) is 11.0 Å². The average molecular weight is 471 g/mol. The number of nitrogens with zero attached hydrogens (tertiary/aromatic N) is 3. The molecule has 0 saturated carbocycles. The lowest BCUT2D eigenvalue weighted by Gasteiger charge is -2.10. The molecular weight excluding hydrogens is 452 g/mol. The highest BCUT2D eigenvalue weighted by Gasteiger charge is 2.20. The Hall–Kier alpha value is -4.37. The van der Waals surface area contributed by atoms with Crippen LogP contribution in [0.2, 0.25) is 0 Å². The molecule has 4 aromatic carbocycles. The van der Waals surface area contributed by atoms with Crippen molar-refractivity contribution >= 4 is 34.2 Å². The number of rotatable bonds is 8. The number of hydrogen-bond acceptors (Lipinski definition) is 8. The summed E-state index contributed by atoms with van der Waals surface area (Å²) in [6.45, 7) is 0.620. The van der Waals surface area contributed by atoms with Crippen LogP contribution < -0.4 is 10.1 Å². The number of para-hydroxylation sites is 1. The number of aromatic nitrogens is 2. The van der Waals surface area contributed by atoms with Gasteiger partial charge in [0, 0.05) is 28.1 Å². The minimum Gasteiger partial charge on any atom is -0.457 e. The Bertz CT molecular complexity index is 1460. The lowest BCUT2D eigenvalue weighted by atomic mass is 10.2. The smallest absolute Gasteiger partial charge is 0.300 e. The molecule has 0 aliphatic heterocycles. The van der Waals surface area contributed by atoms with E-state index in [1.165, 1.54) is 17.8 Å². The van der Waals surface area contributed by atoms with Crippen LogP contribution in [0.1, 0.15) is 5.56 Å². The summed E-state index contributed by atoms with van der Waals surface area (Å²) in [6.07, 6.45) is 0. The summed E-state index contributed by atoms with van der Waals surface area (Å²) in [5.74, 6) is 1.57. The van der Waals surface area contributed by atoms with Gasteiger partial charge in [-0.15, -0.1) is 0 Å². The second-order valence-corrected chi connectivity index (χ2v) is 8.46. The Labute approximate surface area is 198 Å². The Morgan fingerprint density at radius 3 is 2.53 bits per heavy atom. The van der Waals surface area contributed by atoms with E-state index < -0.39 is 4.92 Å². The Balaban J connectivity index is 1.28. The SMILES string of the molecule is O=[N+]([O-])c1ccc(Sc2cccc(NCc3cccc(Oc4ccccc4)c3)c2)c2nonc12. The summed E-state index contributed by atoms with van der Waals surface area (Å²) in [5.41, 5.74) is 2.40. The molecule has 0 bridgehead atoms. The molecule has 34 heavy (non-hydrogen) atoms. The van der Waals surface area contributed by atoms with Crippen molar-refractivity contribution in [3.8, 4) is 11.5 Å². The summed E-state index contributed by atoms with van der Waals surface area (Å²) in [4.78, 5) is 12.4. The van der Waals surface area contributed by atoms with E-state index in [1.54, 1.807) is 6.07 Å². The molecule has 168 valence electrons. The predicted octanol–water partition coefficient (Wildman–Crippen LogP) is 6.69. The van der Waals surface area contributed by atoms with Crippen LogP contribution in [0.15, 0.2) is 105 Å². The fourth-order valence-electron chi connectivity index (χ4n) is 3.40. The minimum atomic E-state index is -0.495. The van der Waals surface area contributed by atoms with Crippen molar-refractivity contribution in [1.29, 1.82) is 0 Å². The van der Waals surface area contributed by atoms with Gasteiger partial charge in [0.25, 0.3) is 0 Å². The summed E-state index contributed by atoms with van der Waals surface area (Å²) < 4.78 is 10.7. The van der Waals surface area contributed by atoms with E-state index in [9.17, 15) is 10.1 Å². The highest BCUT2D eigenvalue weighted by molar-refractivity contribution is 7.99. The standard InChI is InChI=1S/C25H18N4O4S/c30-29(31)22-12-13-23(25-24(22)27-33-28-25)34-21-11-5-7-18(15-21)26-16-17-6-4-10-20(14-17)32-19-8-2-1-3-9-19/h1-15,26H,16H2. The second-order valence-electron chi connectivity index (χ2n) is 7.35. The van der Waals surface area contributed by atoms with Gasteiger partial charge in [0.1, 0.15) is 11.5 Å². The van der Waals surface area contributed by atoms with Crippen LogP contribution in [-0.2, 0) is 6.54 Å². The van der Waals surface area contributed by atoms with Gasteiger partial charge in [-0.1, -0.05) is 48.2 Å². The zero-order chi connectivity index (χ0) is 23.3. The van der Waals surface area contributed by atoms with Crippen molar-refractivity contribution in [2.24, 2.45) is 0 Å². The van der Waals surface area contributed by atoms with Crippen LogP contribution in [0.4, 0.5) is 11.4 Å². The van der Waals surface area contributed by atoms with Gasteiger partial charge in [0.05, 0.1) is 4.92 Å². The third-order valence-electron chi connectivity index (χ3n) is 4.99. The zero-order valence-electron chi connectivity index (χ0n) is 17.8. The number of nitro benzene ring substituents is 1. The molecule has 0 saturated heterocycles. The molecule has 1 N–H and O–H groups in total. The second kappa shape index (κ2) is 9.63. The van der Waals surface area contributed by atoms with E-state index in [0.717, 1.165) is 32.5 Å². The first-order chi connectivity index (χ1) is 16.7. The molecule has 0 unspecified atom stereocenters. The number of hydrogen-bond donors (Lipinski definition) is 1. The molecule has 8 nitrogen and oxygen atoms in total. The maximum Gasteiger partial charge on any atom is 0.300 e.